The summed E-state index contributed by atoms with van der Waals surface area (Å²) >= 11 is 0. The molecule has 2 unspecified atom stereocenters. The molecule has 0 aliphatic rings. The second kappa shape index (κ2) is 16.9. The standard InChI is InChI=1S/C15H28N4O5.C3H9N/c1-4-6-18(10-20)9-13(23)19(7-5-2)8-12(22)17-14(11(3)21)15(16)24;1-2-3-4/h10-11,14,21H,4-9H2,1-3H3,(H2,16,24)(H,17,22);2-4H2,1H3. The molecule has 0 saturated carbocycles. The number of hydrogen-bond acceptors (Lipinski definition) is 6. The minimum Gasteiger partial charge on any atom is -0.391 e. The molecule has 2 atom stereocenters. The zero-order chi connectivity index (χ0) is 22.1. The van der Waals surface area contributed by atoms with E-state index in [4.69, 9.17) is 11.5 Å². The first kappa shape index (κ1) is 28.0. The van der Waals surface area contributed by atoms with Crippen LogP contribution >= 0.6 is 0 Å². The number of nitrogens with one attached hydrogen (secondary N) is 1. The monoisotopic (exact) mass is 403 g/mol. The summed E-state index contributed by atoms with van der Waals surface area (Å²) in [6.45, 7) is 8.34. The van der Waals surface area contributed by atoms with E-state index in [0.717, 1.165) is 19.4 Å². The van der Waals surface area contributed by atoms with E-state index in [0.29, 0.717) is 25.9 Å². The third-order valence-electron chi connectivity index (χ3n) is 3.57. The third-order valence-corrected chi connectivity index (χ3v) is 3.57. The van der Waals surface area contributed by atoms with Gasteiger partial charge in [0.05, 0.1) is 19.2 Å². The summed E-state index contributed by atoms with van der Waals surface area (Å²) in [5.74, 6) is -1.82. The van der Waals surface area contributed by atoms with E-state index in [9.17, 15) is 24.3 Å². The van der Waals surface area contributed by atoms with Crippen LogP contribution in [0.25, 0.3) is 0 Å². The van der Waals surface area contributed by atoms with Crippen molar-refractivity contribution >= 4 is 24.1 Å². The summed E-state index contributed by atoms with van der Waals surface area (Å²) in [5.41, 5.74) is 10.1. The van der Waals surface area contributed by atoms with Gasteiger partial charge in [0.25, 0.3) is 0 Å². The summed E-state index contributed by atoms with van der Waals surface area (Å²) in [6, 6.07) is -1.22. The van der Waals surface area contributed by atoms with E-state index in [1.54, 1.807) is 0 Å². The van der Waals surface area contributed by atoms with Gasteiger partial charge in [0.15, 0.2) is 0 Å². The summed E-state index contributed by atoms with van der Waals surface area (Å²) < 4.78 is 0. The zero-order valence-corrected chi connectivity index (χ0v) is 17.5. The van der Waals surface area contributed by atoms with E-state index < -0.39 is 24.0 Å². The molecule has 10 nitrogen and oxygen atoms in total. The minimum atomic E-state index is -1.22. The molecule has 0 spiro atoms. The molecule has 0 aromatic rings. The molecule has 10 heteroatoms. The Kier molecular flexibility index (Phi) is 16.9. The molecule has 0 aromatic carbocycles. The van der Waals surface area contributed by atoms with Gasteiger partial charge >= 0.3 is 0 Å². The first-order valence-electron chi connectivity index (χ1n) is 9.62. The number of aliphatic hydroxyl groups excluding tert-OH is 1. The van der Waals surface area contributed by atoms with Crippen molar-refractivity contribution in [1.29, 1.82) is 0 Å². The van der Waals surface area contributed by atoms with Gasteiger partial charge in [-0.1, -0.05) is 20.8 Å². The van der Waals surface area contributed by atoms with Crippen molar-refractivity contribution < 1.29 is 24.3 Å². The van der Waals surface area contributed by atoms with E-state index in [1.165, 1.54) is 16.7 Å². The second-order valence-electron chi connectivity index (χ2n) is 6.37. The van der Waals surface area contributed by atoms with Crippen LogP contribution in [0.4, 0.5) is 0 Å². The number of rotatable bonds is 13. The lowest BCUT2D eigenvalue weighted by Crippen LogP contribution is -2.54. The molecule has 0 radical (unpaired) electrons. The number of primary amides is 1. The lowest BCUT2D eigenvalue weighted by molar-refractivity contribution is -0.139. The van der Waals surface area contributed by atoms with Gasteiger partial charge in [0, 0.05) is 13.1 Å². The Labute approximate surface area is 167 Å². The molecular weight excluding hydrogens is 366 g/mol. The average Bonchev–Trinajstić information content (AvgIpc) is 2.64. The van der Waals surface area contributed by atoms with Crippen LogP contribution in [0.3, 0.4) is 0 Å². The summed E-state index contributed by atoms with van der Waals surface area (Å²) in [5, 5.41) is 11.8. The Morgan fingerprint density at radius 3 is 1.96 bits per heavy atom. The maximum Gasteiger partial charge on any atom is 0.242 e. The molecule has 4 amide bonds. The first-order chi connectivity index (χ1) is 13.2. The molecule has 0 aliphatic carbocycles. The predicted octanol–water partition coefficient (Wildman–Crippen LogP) is -1.20. The van der Waals surface area contributed by atoms with E-state index in [-0.39, 0.29) is 19.0 Å². The molecule has 0 aliphatic heterocycles. The Bertz CT molecular complexity index is 471. The zero-order valence-electron chi connectivity index (χ0n) is 17.5. The lowest BCUT2D eigenvalue weighted by atomic mass is 10.1. The molecule has 164 valence electrons. The van der Waals surface area contributed by atoms with Gasteiger partial charge in [0.2, 0.25) is 24.1 Å². The van der Waals surface area contributed by atoms with Gasteiger partial charge in [-0.25, -0.2) is 0 Å². The van der Waals surface area contributed by atoms with E-state index >= 15 is 0 Å². The summed E-state index contributed by atoms with van der Waals surface area (Å²) in [7, 11) is 0. The van der Waals surface area contributed by atoms with Gasteiger partial charge in [-0.3, -0.25) is 19.2 Å². The number of carbonyl (C=O) groups is 4. The van der Waals surface area contributed by atoms with Crippen LogP contribution in [0.2, 0.25) is 0 Å². The van der Waals surface area contributed by atoms with Crippen molar-refractivity contribution in [1.82, 2.24) is 15.1 Å². The summed E-state index contributed by atoms with van der Waals surface area (Å²) in [4.78, 5) is 49.1. The van der Waals surface area contributed by atoms with Crippen molar-refractivity contribution in [3.05, 3.63) is 0 Å². The molecule has 28 heavy (non-hydrogen) atoms. The number of carbonyl (C=O) groups excluding carboxylic acids is 4. The van der Waals surface area contributed by atoms with Crippen LogP contribution in [0.15, 0.2) is 0 Å². The SMILES string of the molecule is CCCN.CCCN(C=O)CC(=O)N(CCC)CC(=O)NC(C(N)=O)C(C)O. The average molecular weight is 404 g/mol. The first-order valence-corrected chi connectivity index (χ1v) is 9.62. The van der Waals surface area contributed by atoms with E-state index in [2.05, 4.69) is 12.2 Å². The van der Waals surface area contributed by atoms with Gasteiger partial charge in [0.1, 0.15) is 6.04 Å². The molecule has 0 rings (SSSR count). The fourth-order valence-electron chi connectivity index (χ4n) is 2.11. The smallest absolute Gasteiger partial charge is 0.242 e. The Hall–Kier alpha value is -2.20. The topological polar surface area (TPSA) is 159 Å². The highest BCUT2D eigenvalue weighted by Crippen LogP contribution is 1.98. The van der Waals surface area contributed by atoms with Crippen LogP contribution < -0.4 is 16.8 Å². The van der Waals surface area contributed by atoms with Crippen molar-refractivity contribution in [3.63, 3.8) is 0 Å². The largest absolute Gasteiger partial charge is 0.391 e. The number of amides is 4. The summed E-state index contributed by atoms with van der Waals surface area (Å²) in [6.07, 6.45) is 1.90. The normalized spacial score (nSPS) is 12.1. The van der Waals surface area contributed by atoms with Gasteiger partial charge in [-0.15, -0.1) is 0 Å². The van der Waals surface area contributed by atoms with E-state index in [1.807, 2.05) is 13.8 Å². The molecule has 0 aromatic heterocycles. The highest BCUT2D eigenvalue weighted by Gasteiger charge is 2.25. The number of hydrogen-bond donors (Lipinski definition) is 4. The van der Waals surface area contributed by atoms with Crippen molar-refractivity contribution in [2.45, 2.75) is 59.1 Å². The number of nitrogens with zero attached hydrogens (tertiary/aromatic N) is 2. The van der Waals surface area contributed by atoms with Gasteiger partial charge in [-0.05, 0) is 32.7 Å². The fraction of sp³-hybridized carbons (Fsp3) is 0.778. The van der Waals surface area contributed by atoms with Gasteiger partial charge < -0.3 is 31.7 Å². The van der Waals surface area contributed by atoms with Crippen LogP contribution in [0.1, 0.15) is 47.0 Å². The highest BCUT2D eigenvalue weighted by atomic mass is 16.3. The minimum absolute atomic E-state index is 0.111. The van der Waals surface area contributed by atoms with Crippen LogP contribution in [0.5, 0.6) is 0 Å². The molecular formula is C18H37N5O5. The maximum absolute atomic E-state index is 12.3. The van der Waals surface area contributed by atoms with Crippen molar-refractivity contribution in [2.75, 3.05) is 32.7 Å². The second-order valence-corrected chi connectivity index (χ2v) is 6.37. The van der Waals surface area contributed by atoms with Crippen molar-refractivity contribution in [2.24, 2.45) is 11.5 Å². The quantitative estimate of drug-likeness (QED) is 0.283. The maximum atomic E-state index is 12.3. The van der Waals surface area contributed by atoms with Crippen LogP contribution in [0, 0.1) is 0 Å². The Morgan fingerprint density at radius 2 is 1.61 bits per heavy atom. The molecule has 0 saturated heterocycles. The lowest BCUT2D eigenvalue weighted by Gasteiger charge is -2.26. The number of aliphatic hydroxyl groups is 1. The number of nitrogens with two attached hydrogens (primary N) is 2. The molecule has 0 bridgehead atoms. The molecule has 0 heterocycles. The highest BCUT2D eigenvalue weighted by molar-refractivity contribution is 5.90. The van der Waals surface area contributed by atoms with Crippen LogP contribution in [-0.2, 0) is 19.2 Å². The van der Waals surface area contributed by atoms with Gasteiger partial charge in [-0.2, -0.15) is 0 Å². The third kappa shape index (κ3) is 13.0. The predicted molar refractivity (Wildman–Crippen MR) is 107 cm³/mol. The Morgan fingerprint density at radius 1 is 1.07 bits per heavy atom. The van der Waals surface area contributed by atoms with Crippen LogP contribution in [-0.4, -0.2) is 83.9 Å². The Balaban J connectivity index is 0. The van der Waals surface area contributed by atoms with Crippen molar-refractivity contribution in [3.8, 4) is 0 Å². The fourth-order valence-corrected chi connectivity index (χ4v) is 2.11. The molecule has 6 N–H and O–H groups in total. The molecule has 0 fully saturated rings.